The summed E-state index contributed by atoms with van der Waals surface area (Å²) in [7, 11) is 0. The molecule has 3 aromatic rings. The second kappa shape index (κ2) is 8.20. The molecule has 4 rings (SSSR count). The number of hydrogen-bond donors (Lipinski definition) is 1. The molecule has 5 nitrogen and oxygen atoms in total. The van der Waals surface area contributed by atoms with Gasteiger partial charge in [-0.25, -0.2) is 9.37 Å². The highest BCUT2D eigenvalue weighted by Gasteiger charge is 2.18. The quantitative estimate of drug-likeness (QED) is 0.603. The molecule has 0 aliphatic carbocycles. The van der Waals surface area contributed by atoms with Crippen LogP contribution in [0.2, 0.25) is 0 Å². The smallest absolute Gasteiger partial charge is 0.237 e. The number of carbonyl (C=O) groups is 1. The molecule has 1 unspecified atom stereocenters. The van der Waals surface area contributed by atoms with E-state index < -0.39 is 0 Å². The second-order valence-corrected chi connectivity index (χ2v) is 8.56. The lowest BCUT2D eigenvalue weighted by molar-refractivity contribution is -0.115. The lowest BCUT2D eigenvalue weighted by Crippen LogP contribution is -2.22. The zero-order chi connectivity index (χ0) is 19.5. The fourth-order valence-electron chi connectivity index (χ4n) is 2.63. The fourth-order valence-corrected chi connectivity index (χ4v) is 4.61. The van der Waals surface area contributed by atoms with E-state index in [9.17, 15) is 9.18 Å². The highest BCUT2D eigenvalue weighted by atomic mass is 32.2. The minimum Gasteiger partial charge on any atom is -0.486 e. The maximum Gasteiger partial charge on any atom is 0.237 e. The Bertz CT molecular complexity index is 991. The first kappa shape index (κ1) is 18.8. The first-order valence-electron chi connectivity index (χ1n) is 8.67. The van der Waals surface area contributed by atoms with Crippen LogP contribution in [0.5, 0.6) is 11.5 Å². The molecular formula is C20H17FN2O3S2. The summed E-state index contributed by atoms with van der Waals surface area (Å²) in [6.07, 6.45) is 0. The molecular weight excluding hydrogens is 399 g/mol. The average molecular weight is 416 g/mol. The summed E-state index contributed by atoms with van der Waals surface area (Å²) in [6.45, 7) is 2.86. The number of benzene rings is 2. The van der Waals surface area contributed by atoms with Crippen molar-refractivity contribution in [1.29, 1.82) is 0 Å². The number of halogens is 1. The Morgan fingerprint density at radius 2 is 1.93 bits per heavy atom. The van der Waals surface area contributed by atoms with E-state index in [2.05, 4.69) is 10.3 Å². The summed E-state index contributed by atoms with van der Waals surface area (Å²) < 4.78 is 24.9. The Balaban J connectivity index is 1.39. The third kappa shape index (κ3) is 4.28. The fraction of sp³-hybridized carbons (Fsp3) is 0.200. The maximum absolute atomic E-state index is 13.1. The number of nitrogens with zero attached hydrogens (tertiary/aromatic N) is 1. The van der Waals surface area contributed by atoms with Crippen molar-refractivity contribution >= 4 is 34.7 Å². The number of aromatic nitrogens is 1. The van der Waals surface area contributed by atoms with Gasteiger partial charge in [0.25, 0.3) is 0 Å². The van der Waals surface area contributed by atoms with Gasteiger partial charge in [-0.3, -0.25) is 4.79 Å². The molecule has 0 bridgehead atoms. The van der Waals surface area contributed by atoms with Gasteiger partial charge < -0.3 is 14.8 Å². The van der Waals surface area contributed by atoms with Crippen LogP contribution in [0.1, 0.15) is 6.92 Å². The van der Waals surface area contributed by atoms with Crippen molar-refractivity contribution in [3.63, 3.8) is 0 Å². The highest BCUT2D eigenvalue weighted by Crippen LogP contribution is 2.34. The molecule has 2 heterocycles. The van der Waals surface area contributed by atoms with E-state index in [4.69, 9.17) is 9.47 Å². The molecule has 2 aromatic carbocycles. The first-order chi connectivity index (χ1) is 13.6. The standard InChI is InChI=1S/C20H17FN2O3S2/c1-12(19(24)22-15-6-7-17-18(10-15)26-9-8-25-17)28-20-23-16(11-27-20)13-2-4-14(21)5-3-13/h2-7,10-12H,8-9H2,1H3,(H,22,24). The summed E-state index contributed by atoms with van der Waals surface area (Å²) >= 11 is 2.84. The number of nitrogens with one attached hydrogen (secondary N) is 1. The second-order valence-electron chi connectivity index (χ2n) is 6.11. The number of ether oxygens (including phenoxy) is 2. The molecule has 1 atom stereocenters. The summed E-state index contributed by atoms with van der Waals surface area (Å²) in [4.78, 5) is 17.1. The van der Waals surface area contributed by atoms with Crippen LogP contribution >= 0.6 is 23.1 Å². The summed E-state index contributed by atoms with van der Waals surface area (Å²) in [5.41, 5.74) is 2.28. The number of anilines is 1. The predicted molar refractivity (Wildman–Crippen MR) is 109 cm³/mol. The largest absolute Gasteiger partial charge is 0.486 e. The molecule has 144 valence electrons. The van der Waals surface area contributed by atoms with Gasteiger partial charge in [0.05, 0.1) is 10.9 Å². The Kier molecular flexibility index (Phi) is 5.50. The van der Waals surface area contributed by atoms with Crippen LogP contribution in [0.15, 0.2) is 52.2 Å². The van der Waals surface area contributed by atoms with Gasteiger partial charge in [-0.1, -0.05) is 11.8 Å². The molecule has 0 fully saturated rings. The van der Waals surface area contributed by atoms with Crippen molar-refractivity contribution in [3.8, 4) is 22.8 Å². The van der Waals surface area contributed by atoms with Crippen LogP contribution in [0, 0.1) is 5.82 Å². The number of fused-ring (bicyclic) bond motifs is 1. The van der Waals surface area contributed by atoms with Crippen LogP contribution in [0.4, 0.5) is 10.1 Å². The van der Waals surface area contributed by atoms with E-state index in [1.54, 1.807) is 30.3 Å². The number of carbonyl (C=O) groups excluding carboxylic acids is 1. The van der Waals surface area contributed by atoms with Gasteiger partial charge in [0, 0.05) is 22.7 Å². The number of thioether (sulfide) groups is 1. The molecule has 0 saturated heterocycles. The lowest BCUT2D eigenvalue weighted by atomic mass is 10.2. The van der Waals surface area contributed by atoms with Crippen LogP contribution in [0.25, 0.3) is 11.3 Å². The van der Waals surface area contributed by atoms with Gasteiger partial charge in [-0.05, 0) is 43.3 Å². The van der Waals surface area contributed by atoms with Crippen molar-refractivity contribution in [2.24, 2.45) is 0 Å². The van der Waals surface area contributed by atoms with E-state index in [1.165, 1.54) is 35.2 Å². The van der Waals surface area contributed by atoms with Gasteiger partial charge in [0.15, 0.2) is 15.8 Å². The molecule has 0 spiro atoms. The molecule has 1 aliphatic rings. The SMILES string of the molecule is CC(Sc1nc(-c2ccc(F)cc2)cs1)C(=O)Nc1ccc2c(c1)OCCO2. The molecule has 1 aliphatic heterocycles. The Labute approximate surface area is 169 Å². The van der Waals surface area contributed by atoms with Crippen molar-refractivity contribution < 1.29 is 18.7 Å². The minimum absolute atomic E-state index is 0.125. The summed E-state index contributed by atoms with van der Waals surface area (Å²) in [5.74, 6) is 0.911. The number of hydrogen-bond acceptors (Lipinski definition) is 6. The topological polar surface area (TPSA) is 60.5 Å². The number of amides is 1. The van der Waals surface area contributed by atoms with Crippen LogP contribution in [-0.4, -0.2) is 29.4 Å². The Morgan fingerprint density at radius 3 is 2.71 bits per heavy atom. The molecule has 8 heteroatoms. The van der Waals surface area contributed by atoms with Gasteiger partial charge in [0.2, 0.25) is 5.91 Å². The van der Waals surface area contributed by atoms with Crippen molar-refractivity contribution in [3.05, 3.63) is 53.7 Å². The Morgan fingerprint density at radius 1 is 1.18 bits per heavy atom. The summed E-state index contributed by atoms with van der Waals surface area (Å²) in [6, 6.07) is 11.5. The molecule has 1 N–H and O–H groups in total. The zero-order valence-electron chi connectivity index (χ0n) is 15.0. The third-order valence-corrected chi connectivity index (χ3v) is 6.15. The maximum atomic E-state index is 13.1. The minimum atomic E-state index is -0.333. The lowest BCUT2D eigenvalue weighted by Gasteiger charge is -2.19. The predicted octanol–water partition coefficient (Wildman–Crippen LogP) is 4.84. The van der Waals surface area contributed by atoms with Crippen molar-refractivity contribution in [2.75, 3.05) is 18.5 Å². The van der Waals surface area contributed by atoms with Crippen LogP contribution < -0.4 is 14.8 Å². The molecule has 1 aromatic heterocycles. The van der Waals surface area contributed by atoms with Crippen LogP contribution in [-0.2, 0) is 4.79 Å². The number of rotatable bonds is 5. The third-order valence-electron chi connectivity index (χ3n) is 4.08. The van der Waals surface area contributed by atoms with E-state index >= 15 is 0 Å². The van der Waals surface area contributed by atoms with Gasteiger partial charge >= 0.3 is 0 Å². The summed E-state index contributed by atoms with van der Waals surface area (Å²) in [5, 5.41) is 4.47. The average Bonchev–Trinajstić information content (AvgIpc) is 3.17. The van der Waals surface area contributed by atoms with Crippen molar-refractivity contribution in [1.82, 2.24) is 4.98 Å². The van der Waals surface area contributed by atoms with E-state index in [1.807, 2.05) is 12.3 Å². The first-order valence-corrected chi connectivity index (χ1v) is 10.4. The molecule has 28 heavy (non-hydrogen) atoms. The monoisotopic (exact) mass is 416 g/mol. The Hall–Kier alpha value is -2.58. The van der Waals surface area contributed by atoms with E-state index in [-0.39, 0.29) is 17.0 Å². The molecule has 0 saturated carbocycles. The van der Waals surface area contributed by atoms with E-state index in [0.29, 0.717) is 30.4 Å². The normalized spacial score (nSPS) is 13.8. The van der Waals surface area contributed by atoms with Gasteiger partial charge in [-0.15, -0.1) is 11.3 Å². The zero-order valence-corrected chi connectivity index (χ0v) is 16.6. The molecule has 0 radical (unpaired) electrons. The van der Waals surface area contributed by atoms with Gasteiger partial charge in [0.1, 0.15) is 19.0 Å². The number of thiazole rings is 1. The highest BCUT2D eigenvalue weighted by molar-refractivity contribution is 8.02. The van der Waals surface area contributed by atoms with Crippen molar-refractivity contribution in [2.45, 2.75) is 16.5 Å². The van der Waals surface area contributed by atoms with Crippen LogP contribution in [0.3, 0.4) is 0 Å². The van der Waals surface area contributed by atoms with E-state index in [0.717, 1.165) is 15.6 Å². The van der Waals surface area contributed by atoms with Gasteiger partial charge in [-0.2, -0.15) is 0 Å². The molecule has 1 amide bonds.